The van der Waals surface area contributed by atoms with Gasteiger partial charge in [0.05, 0.1) is 0 Å². The van der Waals surface area contributed by atoms with Crippen molar-refractivity contribution in [2.45, 2.75) is 30.2 Å². The second-order valence-electron chi connectivity index (χ2n) is 4.76. The number of halogens is 2. The zero-order valence-electron chi connectivity index (χ0n) is 11.2. The molecule has 7 heteroatoms. The largest absolute Gasteiger partial charge is 0.480 e. The molecule has 0 radical (unpaired) electrons. The van der Waals surface area contributed by atoms with E-state index in [9.17, 15) is 18.4 Å². The monoisotopic (exact) mass is 315 g/mol. The molecule has 0 unspecified atom stereocenters. The van der Waals surface area contributed by atoms with Crippen molar-refractivity contribution in [3.05, 3.63) is 29.8 Å². The van der Waals surface area contributed by atoms with Gasteiger partial charge < -0.3 is 10.0 Å². The maximum absolute atomic E-state index is 13.0. The van der Waals surface area contributed by atoms with E-state index in [4.69, 9.17) is 5.11 Å². The van der Waals surface area contributed by atoms with Crippen molar-refractivity contribution in [3.8, 4) is 0 Å². The smallest absolute Gasteiger partial charge is 0.326 e. The van der Waals surface area contributed by atoms with Crippen molar-refractivity contribution in [1.29, 1.82) is 0 Å². The van der Waals surface area contributed by atoms with E-state index < -0.39 is 23.6 Å². The fourth-order valence-corrected chi connectivity index (χ4v) is 3.15. The van der Waals surface area contributed by atoms with Gasteiger partial charge in [-0.2, -0.15) is 0 Å². The number of carboxylic acids is 1. The molecule has 1 aliphatic rings. The zero-order valence-corrected chi connectivity index (χ0v) is 12.0. The molecule has 0 bridgehead atoms. The number of nitrogens with zero attached hydrogens (tertiary/aromatic N) is 1. The van der Waals surface area contributed by atoms with Gasteiger partial charge in [-0.05, 0) is 31.0 Å². The Kier molecular flexibility index (Phi) is 5.17. The third kappa shape index (κ3) is 3.93. The van der Waals surface area contributed by atoms with Crippen LogP contribution in [0.3, 0.4) is 0 Å². The predicted octanol–water partition coefficient (Wildman–Crippen LogP) is 2.52. The molecule has 1 heterocycles. The molecule has 0 saturated carbocycles. The van der Waals surface area contributed by atoms with Crippen molar-refractivity contribution in [1.82, 2.24) is 4.90 Å². The summed E-state index contributed by atoms with van der Waals surface area (Å²) in [6, 6.07) is 2.84. The molecule has 2 rings (SSSR count). The first-order valence-corrected chi connectivity index (χ1v) is 7.57. The molecular weight excluding hydrogens is 300 g/mol. The van der Waals surface area contributed by atoms with Crippen LogP contribution in [0, 0.1) is 11.6 Å². The number of carbonyl (C=O) groups excluding carboxylic acids is 1. The van der Waals surface area contributed by atoms with E-state index in [2.05, 4.69) is 0 Å². The summed E-state index contributed by atoms with van der Waals surface area (Å²) < 4.78 is 25.8. The van der Waals surface area contributed by atoms with Gasteiger partial charge in [-0.1, -0.05) is 0 Å². The van der Waals surface area contributed by atoms with E-state index in [1.165, 1.54) is 22.7 Å². The molecule has 0 aromatic heterocycles. The zero-order chi connectivity index (χ0) is 15.4. The van der Waals surface area contributed by atoms with Crippen LogP contribution in [-0.4, -0.2) is 40.2 Å². The Morgan fingerprint density at radius 3 is 2.76 bits per heavy atom. The van der Waals surface area contributed by atoms with Crippen LogP contribution in [0.4, 0.5) is 8.78 Å². The first-order chi connectivity index (χ1) is 9.99. The second kappa shape index (κ2) is 6.89. The summed E-state index contributed by atoms with van der Waals surface area (Å²) >= 11 is 1.24. The average molecular weight is 315 g/mol. The lowest BCUT2D eigenvalue weighted by molar-refractivity contribution is -0.148. The molecule has 1 saturated heterocycles. The summed E-state index contributed by atoms with van der Waals surface area (Å²) in [5.74, 6) is -2.62. The van der Waals surface area contributed by atoms with Gasteiger partial charge in [-0.15, -0.1) is 11.8 Å². The van der Waals surface area contributed by atoms with E-state index in [1.807, 2.05) is 0 Å². The number of carbonyl (C=O) groups is 2. The van der Waals surface area contributed by atoms with Gasteiger partial charge in [0.1, 0.15) is 6.04 Å². The maximum atomic E-state index is 13.0. The normalized spacial score (nSPS) is 18.0. The predicted molar refractivity (Wildman–Crippen MR) is 74.1 cm³/mol. The number of hydrogen-bond acceptors (Lipinski definition) is 3. The third-order valence-electron chi connectivity index (χ3n) is 3.33. The fourth-order valence-electron chi connectivity index (χ4n) is 2.29. The van der Waals surface area contributed by atoms with Crippen LogP contribution in [0.1, 0.15) is 19.3 Å². The SMILES string of the molecule is O=C(O)[C@H]1CCCN1C(=O)CCSc1ccc(F)c(F)c1. The number of amides is 1. The van der Waals surface area contributed by atoms with E-state index in [1.54, 1.807) is 0 Å². The summed E-state index contributed by atoms with van der Waals surface area (Å²) in [5.41, 5.74) is 0. The van der Waals surface area contributed by atoms with Gasteiger partial charge in [0.2, 0.25) is 5.91 Å². The molecular formula is C14H15F2NO3S. The molecule has 1 aromatic carbocycles. The Bertz CT molecular complexity index is 553. The highest BCUT2D eigenvalue weighted by Crippen LogP contribution is 2.23. The number of thioether (sulfide) groups is 1. The minimum absolute atomic E-state index is 0.174. The summed E-state index contributed by atoms with van der Waals surface area (Å²) in [4.78, 5) is 24.9. The van der Waals surface area contributed by atoms with Crippen LogP contribution in [-0.2, 0) is 9.59 Å². The fraction of sp³-hybridized carbons (Fsp3) is 0.429. The lowest BCUT2D eigenvalue weighted by atomic mass is 10.2. The highest BCUT2D eigenvalue weighted by atomic mass is 32.2. The maximum Gasteiger partial charge on any atom is 0.326 e. The second-order valence-corrected chi connectivity index (χ2v) is 5.93. The molecule has 0 spiro atoms. The molecule has 1 atom stereocenters. The molecule has 1 fully saturated rings. The van der Waals surface area contributed by atoms with Crippen LogP contribution in [0.2, 0.25) is 0 Å². The lowest BCUT2D eigenvalue weighted by Gasteiger charge is -2.21. The van der Waals surface area contributed by atoms with E-state index in [0.717, 1.165) is 12.1 Å². The van der Waals surface area contributed by atoms with E-state index >= 15 is 0 Å². The van der Waals surface area contributed by atoms with Gasteiger partial charge in [0, 0.05) is 23.6 Å². The lowest BCUT2D eigenvalue weighted by Crippen LogP contribution is -2.40. The Labute approximate surface area is 125 Å². The topological polar surface area (TPSA) is 57.6 Å². The van der Waals surface area contributed by atoms with Crippen LogP contribution in [0.25, 0.3) is 0 Å². The van der Waals surface area contributed by atoms with Gasteiger partial charge in [-0.3, -0.25) is 4.79 Å². The number of benzene rings is 1. The number of rotatable bonds is 5. The molecule has 1 aromatic rings. The van der Waals surface area contributed by atoms with Crippen molar-refractivity contribution in [2.75, 3.05) is 12.3 Å². The molecule has 114 valence electrons. The average Bonchev–Trinajstić information content (AvgIpc) is 2.92. The van der Waals surface area contributed by atoms with Crippen LogP contribution < -0.4 is 0 Å². The van der Waals surface area contributed by atoms with E-state index in [-0.39, 0.29) is 12.3 Å². The summed E-state index contributed by atoms with van der Waals surface area (Å²) in [6.45, 7) is 0.464. The third-order valence-corrected chi connectivity index (χ3v) is 4.33. The molecule has 1 N–H and O–H groups in total. The van der Waals surface area contributed by atoms with Gasteiger partial charge in [0.15, 0.2) is 11.6 Å². The first-order valence-electron chi connectivity index (χ1n) is 6.59. The van der Waals surface area contributed by atoms with Crippen LogP contribution in [0.15, 0.2) is 23.1 Å². The number of hydrogen-bond donors (Lipinski definition) is 1. The molecule has 21 heavy (non-hydrogen) atoms. The summed E-state index contributed by atoms with van der Waals surface area (Å²) in [7, 11) is 0. The first kappa shape index (κ1) is 15.8. The number of aliphatic carboxylic acids is 1. The van der Waals surface area contributed by atoms with Crippen molar-refractivity contribution < 1.29 is 23.5 Å². The molecule has 1 amide bonds. The van der Waals surface area contributed by atoms with Crippen LogP contribution >= 0.6 is 11.8 Å². The molecule has 0 aliphatic carbocycles. The molecule has 4 nitrogen and oxygen atoms in total. The standard InChI is InChI=1S/C14H15F2NO3S/c15-10-4-3-9(8-11(10)16)21-7-5-13(18)17-6-1-2-12(17)14(19)20/h3-4,8,12H,1-2,5-7H2,(H,19,20)/t12-/m1/s1. The van der Waals surface area contributed by atoms with Gasteiger partial charge in [-0.25, -0.2) is 13.6 Å². The Hall–Kier alpha value is -1.63. The van der Waals surface area contributed by atoms with Crippen LogP contribution in [0.5, 0.6) is 0 Å². The summed E-state index contributed by atoms with van der Waals surface area (Å²) in [6.07, 6.45) is 1.35. The van der Waals surface area contributed by atoms with E-state index in [0.29, 0.717) is 30.0 Å². The minimum atomic E-state index is -0.978. The van der Waals surface area contributed by atoms with Gasteiger partial charge >= 0.3 is 5.97 Å². The molecule has 1 aliphatic heterocycles. The highest BCUT2D eigenvalue weighted by Gasteiger charge is 2.33. The Balaban J connectivity index is 1.84. The Morgan fingerprint density at radius 1 is 1.33 bits per heavy atom. The van der Waals surface area contributed by atoms with Crippen molar-refractivity contribution >= 4 is 23.6 Å². The minimum Gasteiger partial charge on any atom is -0.480 e. The number of carboxylic acid groups (broad SMARTS) is 1. The van der Waals surface area contributed by atoms with Crippen molar-refractivity contribution in [2.24, 2.45) is 0 Å². The Morgan fingerprint density at radius 2 is 2.10 bits per heavy atom. The highest BCUT2D eigenvalue weighted by molar-refractivity contribution is 7.99. The van der Waals surface area contributed by atoms with Gasteiger partial charge in [0.25, 0.3) is 0 Å². The quantitative estimate of drug-likeness (QED) is 0.848. The number of likely N-dealkylation sites (tertiary alicyclic amines) is 1. The van der Waals surface area contributed by atoms with Crippen molar-refractivity contribution in [3.63, 3.8) is 0 Å². The summed E-state index contributed by atoms with van der Waals surface area (Å²) in [5, 5.41) is 9.02.